The Bertz CT molecular complexity index is 351. The van der Waals surface area contributed by atoms with Crippen LogP contribution in [0.3, 0.4) is 0 Å². The van der Waals surface area contributed by atoms with E-state index in [1.807, 2.05) is 30.3 Å². The fourth-order valence-electron chi connectivity index (χ4n) is 1.59. The zero-order valence-electron chi connectivity index (χ0n) is 10.6. The molecule has 0 bridgehead atoms. The van der Waals surface area contributed by atoms with E-state index in [2.05, 4.69) is 5.32 Å². The predicted octanol–water partition coefficient (Wildman–Crippen LogP) is 1.24. The number of rotatable bonds is 8. The molecule has 1 atom stereocenters. The lowest BCUT2D eigenvalue weighted by Crippen LogP contribution is -2.39. The van der Waals surface area contributed by atoms with Crippen molar-refractivity contribution in [2.75, 3.05) is 14.2 Å². The third kappa shape index (κ3) is 4.83. The van der Waals surface area contributed by atoms with Crippen molar-refractivity contribution in [2.24, 2.45) is 0 Å². The van der Waals surface area contributed by atoms with Gasteiger partial charge in [0.05, 0.1) is 0 Å². The second kappa shape index (κ2) is 7.81. The Kier molecular flexibility index (Phi) is 6.35. The molecule has 2 N–H and O–H groups in total. The van der Waals surface area contributed by atoms with Crippen LogP contribution in [-0.2, 0) is 20.8 Å². The third-order valence-electron chi connectivity index (χ3n) is 2.65. The number of aliphatic carboxylic acids is 1. The van der Waals surface area contributed by atoms with E-state index in [4.69, 9.17) is 14.6 Å². The number of carbonyl (C=O) groups is 1. The average molecular weight is 253 g/mol. The van der Waals surface area contributed by atoms with Gasteiger partial charge in [0.25, 0.3) is 0 Å². The lowest BCUT2D eigenvalue weighted by Gasteiger charge is -2.19. The van der Waals surface area contributed by atoms with E-state index >= 15 is 0 Å². The number of ether oxygens (including phenoxy) is 2. The smallest absolute Gasteiger partial charge is 0.320 e. The van der Waals surface area contributed by atoms with Crippen LogP contribution < -0.4 is 5.32 Å². The molecule has 0 amide bonds. The number of methoxy groups -OCH3 is 2. The van der Waals surface area contributed by atoms with E-state index < -0.39 is 18.3 Å². The van der Waals surface area contributed by atoms with Crippen molar-refractivity contribution in [1.82, 2.24) is 5.32 Å². The first-order valence-electron chi connectivity index (χ1n) is 5.73. The minimum absolute atomic E-state index is 0.259. The first-order chi connectivity index (χ1) is 8.67. The second-order valence-corrected chi connectivity index (χ2v) is 3.89. The van der Waals surface area contributed by atoms with Crippen LogP contribution in [0, 0.1) is 0 Å². The van der Waals surface area contributed by atoms with Crippen LogP contribution in [-0.4, -0.2) is 37.6 Å². The number of benzene rings is 1. The first-order valence-corrected chi connectivity index (χ1v) is 5.73. The van der Waals surface area contributed by atoms with Crippen molar-refractivity contribution in [2.45, 2.75) is 25.3 Å². The maximum atomic E-state index is 11.1. The highest BCUT2D eigenvalue weighted by atomic mass is 16.7. The summed E-state index contributed by atoms with van der Waals surface area (Å²) in [6.07, 6.45) is -0.260. The predicted molar refractivity (Wildman–Crippen MR) is 67.1 cm³/mol. The van der Waals surface area contributed by atoms with Gasteiger partial charge in [-0.3, -0.25) is 4.79 Å². The highest BCUT2D eigenvalue weighted by Gasteiger charge is 2.21. The summed E-state index contributed by atoms with van der Waals surface area (Å²) >= 11 is 0. The summed E-state index contributed by atoms with van der Waals surface area (Å²) in [5, 5.41) is 12.1. The fraction of sp³-hybridized carbons (Fsp3) is 0.462. The van der Waals surface area contributed by atoms with E-state index in [1.165, 1.54) is 14.2 Å². The van der Waals surface area contributed by atoms with Gasteiger partial charge in [-0.1, -0.05) is 30.3 Å². The van der Waals surface area contributed by atoms with Crippen LogP contribution in [0.1, 0.15) is 12.0 Å². The lowest BCUT2D eigenvalue weighted by molar-refractivity contribution is -0.147. The number of carboxylic acid groups (broad SMARTS) is 1. The molecule has 0 aliphatic rings. The standard InChI is InChI=1S/C13H19NO4/c1-17-12(18-2)8-11(13(15)16)14-9-10-6-4-3-5-7-10/h3-7,11-12,14H,8-9H2,1-2H3,(H,15,16). The van der Waals surface area contributed by atoms with Gasteiger partial charge in [0.15, 0.2) is 6.29 Å². The lowest BCUT2D eigenvalue weighted by atomic mass is 10.1. The topological polar surface area (TPSA) is 67.8 Å². The molecular weight excluding hydrogens is 234 g/mol. The van der Waals surface area contributed by atoms with Crippen molar-refractivity contribution < 1.29 is 19.4 Å². The second-order valence-electron chi connectivity index (χ2n) is 3.89. The van der Waals surface area contributed by atoms with Gasteiger partial charge in [-0.2, -0.15) is 0 Å². The van der Waals surface area contributed by atoms with Gasteiger partial charge < -0.3 is 19.9 Å². The molecule has 0 aliphatic carbocycles. The molecule has 1 unspecified atom stereocenters. The summed E-state index contributed by atoms with van der Waals surface area (Å²) in [7, 11) is 2.98. The Morgan fingerprint density at radius 2 is 1.89 bits per heavy atom. The van der Waals surface area contributed by atoms with Crippen molar-refractivity contribution in [3.05, 3.63) is 35.9 Å². The minimum Gasteiger partial charge on any atom is -0.480 e. The van der Waals surface area contributed by atoms with E-state index in [0.717, 1.165) is 5.56 Å². The molecule has 0 aliphatic heterocycles. The Morgan fingerprint density at radius 1 is 1.28 bits per heavy atom. The van der Waals surface area contributed by atoms with Crippen LogP contribution in [0.2, 0.25) is 0 Å². The largest absolute Gasteiger partial charge is 0.480 e. The molecule has 0 aromatic heterocycles. The van der Waals surface area contributed by atoms with Gasteiger partial charge in [0, 0.05) is 27.2 Å². The van der Waals surface area contributed by atoms with Crippen LogP contribution in [0.4, 0.5) is 0 Å². The Labute approximate surface area is 107 Å². The molecule has 5 heteroatoms. The monoisotopic (exact) mass is 253 g/mol. The molecular formula is C13H19NO4. The molecule has 1 aromatic rings. The maximum Gasteiger partial charge on any atom is 0.320 e. The number of hydrogen-bond acceptors (Lipinski definition) is 4. The molecule has 0 saturated carbocycles. The van der Waals surface area contributed by atoms with Gasteiger partial charge in [-0.15, -0.1) is 0 Å². The van der Waals surface area contributed by atoms with E-state index in [9.17, 15) is 4.79 Å². The molecule has 0 spiro atoms. The Balaban J connectivity index is 2.50. The number of carboxylic acids is 1. The molecule has 0 fully saturated rings. The number of hydrogen-bond donors (Lipinski definition) is 2. The van der Waals surface area contributed by atoms with Crippen LogP contribution >= 0.6 is 0 Å². The van der Waals surface area contributed by atoms with Crippen molar-refractivity contribution >= 4 is 5.97 Å². The summed E-state index contributed by atoms with van der Waals surface area (Å²) < 4.78 is 10.0. The van der Waals surface area contributed by atoms with Crippen molar-refractivity contribution in [3.63, 3.8) is 0 Å². The summed E-state index contributed by atoms with van der Waals surface area (Å²) in [4.78, 5) is 11.1. The van der Waals surface area contributed by atoms with Gasteiger partial charge in [-0.05, 0) is 5.56 Å². The summed E-state index contributed by atoms with van der Waals surface area (Å²) in [6.45, 7) is 0.498. The third-order valence-corrected chi connectivity index (χ3v) is 2.65. The van der Waals surface area contributed by atoms with E-state index in [0.29, 0.717) is 6.54 Å². The Morgan fingerprint density at radius 3 is 2.39 bits per heavy atom. The van der Waals surface area contributed by atoms with Gasteiger partial charge in [0.1, 0.15) is 6.04 Å². The normalized spacial score (nSPS) is 12.6. The number of nitrogens with one attached hydrogen (secondary N) is 1. The zero-order chi connectivity index (χ0) is 13.4. The maximum absolute atomic E-state index is 11.1. The molecule has 0 saturated heterocycles. The molecule has 1 aromatic carbocycles. The van der Waals surface area contributed by atoms with Crippen molar-refractivity contribution in [3.8, 4) is 0 Å². The average Bonchev–Trinajstić information content (AvgIpc) is 2.40. The van der Waals surface area contributed by atoms with Crippen molar-refractivity contribution in [1.29, 1.82) is 0 Å². The van der Waals surface area contributed by atoms with E-state index in [-0.39, 0.29) is 6.42 Å². The quantitative estimate of drug-likeness (QED) is 0.682. The van der Waals surface area contributed by atoms with Gasteiger partial charge in [0.2, 0.25) is 0 Å². The molecule has 18 heavy (non-hydrogen) atoms. The molecule has 5 nitrogen and oxygen atoms in total. The fourth-order valence-corrected chi connectivity index (χ4v) is 1.59. The summed E-state index contributed by atoms with van der Waals surface area (Å²) in [5.74, 6) is -0.912. The van der Waals surface area contributed by atoms with E-state index in [1.54, 1.807) is 0 Å². The van der Waals surface area contributed by atoms with Gasteiger partial charge >= 0.3 is 5.97 Å². The highest BCUT2D eigenvalue weighted by Crippen LogP contribution is 2.05. The molecule has 1 rings (SSSR count). The molecule has 0 radical (unpaired) electrons. The molecule has 0 heterocycles. The van der Waals surface area contributed by atoms with Crippen LogP contribution in [0.5, 0.6) is 0 Å². The SMILES string of the molecule is COC(CC(NCc1ccccc1)C(=O)O)OC. The summed E-state index contributed by atoms with van der Waals surface area (Å²) in [6, 6.07) is 8.94. The molecule has 100 valence electrons. The summed E-state index contributed by atoms with van der Waals surface area (Å²) in [5.41, 5.74) is 1.04. The highest BCUT2D eigenvalue weighted by molar-refractivity contribution is 5.73. The first kappa shape index (κ1) is 14.6. The zero-order valence-corrected chi connectivity index (χ0v) is 10.6. The minimum atomic E-state index is -0.912. The van der Waals surface area contributed by atoms with Crippen LogP contribution in [0.25, 0.3) is 0 Å². The van der Waals surface area contributed by atoms with Crippen LogP contribution in [0.15, 0.2) is 30.3 Å². The Hall–Kier alpha value is -1.43. The van der Waals surface area contributed by atoms with Gasteiger partial charge in [-0.25, -0.2) is 0 Å².